The summed E-state index contributed by atoms with van der Waals surface area (Å²) in [4.78, 5) is 0. The van der Waals surface area contributed by atoms with E-state index >= 15 is 0 Å². The fourth-order valence-electron chi connectivity index (χ4n) is 4.47. The van der Waals surface area contributed by atoms with Crippen molar-refractivity contribution in [3.05, 3.63) is 35.4 Å². The van der Waals surface area contributed by atoms with Crippen LogP contribution in [0.3, 0.4) is 0 Å². The molecule has 0 unspecified atom stereocenters. The van der Waals surface area contributed by atoms with Crippen molar-refractivity contribution < 1.29 is 18.2 Å². The summed E-state index contributed by atoms with van der Waals surface area (Å²) in [6.07, 6.45) is 2.44. The predicted molar refractivity (Wildman–Crippen MR) is 134 cm³/mol. The minimum absolute atomic E-state index is 0.401. The summed E-state index contributed by atoms with van der Waals surface area (Å²) in [5, 5.41) is 1.61. The van der Waals surface area contributed by atoms with Crippen molar-refractivity contribution in [1.82, 2.24) is 0 Å². The van der Waals surface area contributed by atoms with Gasteiger partial charge < -0.3 is 0 Å². The molecule has 0 saturated carbocycles. The Morgan fingerprint density at radius 3 is 1.11 bits per heavy atom. The molecule has 1 aromatic carbocycles. The van der Waals surface area contributed by atoms with Gasteiger partial charge in [-0.1, -0.05) is 0 Å². The summed E-state index contributed by atoms with van der Waals surface area (Å²) in [6, 6.07) is 10.7. The number of halogens is 1. The van der Waals surface area contributed by atoms with Crippen LogP contribution in [0.25, 0.3) is 0 Å². The third-order valence-corrected chi connectivity index (χ3v) is 14.0. The van der Waals surface area contributed by atoms with Crippen LogP contribution < -0.4 is 0 Å². The quantitative estimate of drug-likeness (QED) is 0.205. The van der Waals surface area contributed by atoms with Crippen LogP contribution in [-0.2, 0) is 30.5 Å². The van der Waals surface area contributed by atoms with Gasteiger partial charge in [0.1, 0.15) is 0 Å². The summed E-state index contributed by atoms with van der Waals surface area (Å²) in [5.74, 6) is 0. The SMILES string of the molecule is CC(C)(C)[PH+](Cc1[c-]c(C[PH+](C(C)(C)C)C(C)(C)C)ccc1)C(C)(C)C.[Cl][Pd+]. The Morgan fingerprint density at radius 2 is 0.893 bits per heavy atom. The van der Waals surface area contributed by atoms with Crippen molar-refractivity contribution in [1.29, 1.82) is 0 Å². The van der Waals surface area contributed by atoms with Crippen LogP contribution in [0.2, 0.25) is 0 Å². The van der Waals surface area contributed by atoms with E-state index in [0.717, 1.165) is 0 Å². The van der Waals surface area contributed by atoms with Gasteiger partial charge in [0, 0.05) is 15.8 Å². The normalized spacial score (nSPS) is 13.6. The maximum atomic E-state index is 4.49. The maximum absolute atomic E-state index is 4.49. The summed E-state index contributed by atoms with van der Waals surface area (Å²) in [7, 11) is 3.39. The first-order valence-electron chi connectivity index (χ1n) is 10.3. The molecule has 0 aromatic heterocycles. The van der Waals surface area contributed by atoms with Crippen LogP contribution in [0.5, 0.6) is 0 Å². The molecule has 4 heteroatoms. The molecule has 166 valence electrons. The third kappa shape index (κ3) is 9.89. The molecule has 0 N–H and O–H groups in total. The molecule has 1 aromatic rings. The number of hydrogen-bond acceptors (Lipinski definition) is 0. The molecule has 0 spiro atoms. The zero-order chi connectivity index (χ0) is 22.6. The van der Waals surface area contributed by atoms with Gasteiger partial charge in [-0.3, -0.25) is 0 Å². The summed E-state index contributed by atoms with van der Waals surface area (Å²) >= 11 is 2.22. The van der Waals surface area contributed by atoms with Crippen molar-refractivity contribution in [2.45, 2.75) is 116 Å². The van der Waals surface area contributed by atoms with Gasteiger partial charge in [0.2, 0.25) is 0 Å². The molecule has 0 radical (unpaired) electrons. The monoisotopic (exact) mass is 536 g/mol. The molecule has 0 amide bonds. The average molecular weight is 537 g/mol. The standard InChI is InChI=1S/C24H43P2.ClH.Pd/c1-21(2,3)25(22(4,5)6)17-19-14-13-15-20(16-19)18-26(23(7,8)9)24(10,11)12;;/h13-15H,17-18H2,1-12H3;1H;/q-1;;+2/p+1. The van der Waals surface area contributed by atoms with Gasteiger partial charge in [0.05, 0.1) is 32.9 Å². The zero-order valence-electron chi connectivity index (χ0n) is 20.3. The first-order valence-corrected chi connectivity index (χ1v) is 15.7. The number of hydrogen-bond donors (Lipinski definition) is 0. The van der Waals surface area contributed by atoms with Gasteiger partial charge in [-0.25, -0.2) is 0 Å². The van der Waals surface area contributed by atoms with Crippen LogP contribution in [0, 0.1) is 6.07 Å². The zero-order valence-corrected chi connectivity index (χ0v) is 24.7. The Balaban J connectivity index is 0.00000352. The van der Waals surface area contributed by atoms with Crippen LogP contribution >= 0.6 is 25.4 Å². The van der Waals surface area contributed by atoms with Crippen molar-refractivity contribution >= 4 is 25.4 Å². The predicted octanol–water partition coefficient (Wildman–Crippen LogP) is 8.80. The molecule has 0 saturated heterocycles. The fourth-order valence-corrected chi connectivity index (χ4v) is 12.3. The molecule has 0 aliphatic heterocycles. The molecule has 0 aliphatic carbocycles. The summed E-state index contributed by atoms with van der Waals surface area (Å²) in [5.41, 5.74) is 2.87. The molecular weight excluding hydrogens is 492 g/mol. The molecule has 0 aliphatic rings. The summed E-state index contributed by atoms with van der Waals surface area (Å²) < 4.78 is 0. The minimum atomic E-state index is -0.552. The third-order valence-electron chi connectivity index (χ3n) is 5.27. The molecule has 28 heavy (non-hydrogen) atoms. The molecular formula is C24H45ClP2Pd+2. The fraction of sp³-hybridized carbons (Fsp3) is 0.750. The van der Waals surface area contributed by atoms with Crippen LogP contribution in [0.4, 0.5) is 0 Å². The second kappa shape index (κ2) is 11.1. The van der Waals surface area contributed by atoms with E-state index in [1.54, 1.807) is 0 Å². The summed E-state index contributed by atoms with van der Waals surface area (Å²) in [6.45, 7) is 29.1. The Bertz CT molecular complexity index is 509. The van der Waals surface area contributed by atoms with Gasteiger partial charge in [0.15, 0.2) is 0 Å². The van der Waals surface area contributed by atoms with Crippen molar-refractivity contribution in [3.63, 3.8) is 0 Å². The second-order valence-electron chi connectivity index (χ2n) is 12.0. The van der Waals surface area contributed by atoms with E-state index < -0.39 is 15.8 Å². The van der Waals surface area contributed by atoms with E-state index in [9.17, 15) is 0 Å². The van der Waals surface area contributed by atoms with Gasteiger partial charge >= 0.3 is 27.7 Å². The van der Waals surface area contributed by atoms with Gasteiger partial charge in [-0.15, -0.1) is 11.1 Å². The van der Waals surface area contributed by atoms with Crippen molar-refractivity contribution in [3.8, 4) is 0 Å². The average Bonchev–Trinajstić information content (AvgIpc) is 2.48. The Hall–Kier alpha value is 1.03. The van der Waals surface area contributed by atoms with E-state index in [1.165, 1.54) is 23.5 Å². The van der Waals surface area contributed by atoms with Crippen LogP contribution in [0.1, 0.15) is 94.2 Å². The molecule has 0 bridgehead atoms. The second-order valence-corrected chi connectivity index (χ2v) is 20.6. The van der Waals surface area contributed by atoms with E-state index in [0.29, 0.717) is 20.6 Å². The van der Waals surface area contributed by atoms with Gasteiger partial charge in [-0.05, 0) is 83.1 Å². The van der Waals surface area contributed by atoms with Gasteiger partial charge in [-0.2, -0.15) is 24.3 Å². The number of rotatable bonds is 4. The van der Waals surface area contributed by atoms with E-state index in [-0.39, 0.29) is 0 Å². The first-order chi connectivity index (χ1) is 12.4. The van der Waals surface area contributed by atoms with Crippen molar-refractivity contribution in [2.75, 3.05) is 0 Å². The number of benzene rings is 1. The Labute approximate surface area is 194 Å². The van der Waals surface area contributed by atoms with E-state index in [4.69, 9.17) is 0 Å². The molecule has 0 fully saturated rings. The first kappa shape index (κ1) is 29.0. The molecule has 1 rings (SSSR count). The Kier molecular flexibility index (Phi) is 11.5. The van der Waals surface area contributed by atoms with E-state index in [2.05, 4.69) is 135 Å². The Morgan fingerprint density at radius 1 is 0.643 bits per heavy atom. The van der Waals surface area contributed by atoms with Crippen LogP contribution in [0.15, 0.2) is 18.2 Å². The van der Waals surface area contributed by atoms with Gasteiger partial charge in [0.25, 0.3) is 0 Å². The van der Waals surface area contributed by atoms with Crippen LogP contribution in [-0.4, -0.2) is 20.6 Å². The topological polar surface area (TPSA) is 0 Å². The van der Waals surface area contributed by atoms with E-state index in [1.807, 2.05) is 0 Å². The molecule has 0 atom stereocenters. The molecule has 0 heterocycles. The van der Waals surface area contributed by atoms with Crippen molar-refractivity contribution in [2.24, 2.45) is 0 Å². The molecule has 0 nitrogen and oxygen atoms in total.